The van der Waals surface area contributed by atoms with E-state index in [1.165, 1.54) is 25.3 Å². The highest BCUT2D eigenvalue weighted by atomic mass is 19.1. The zero-order valence-electron chi connectivity index (χ0n) is 13.1. The SMILES string of the molecule is COc1cc(-c2onc(N[C@@H]3CC[C@@H](N)C3)c2C(=O)O)ccc1F. The Hall–Kier alpha value is -2.61. The molecule has 4 N–H and O–H groups in total. The van der Waals surface area contributed by atoms with Gasteiger partial charge in [0.15, 0.2) is 28.7 Å². The molecule has 24 heavy (non-hydrogen) atoms. The van der Waals surface area contributed by atoms with Crippen molar-refractivity contribution in [1.82, 2.24) is 5.16 Å². The van der Waals surface area contributed by atoms with E-state index in [9.17, 15) is 14.3 Å². The number of methoxy groups -OCH3 is 1. The number of hydrogen-bond donors (Lipinski definition) is 3. The lowest BCUT2D eigenvalue weighted by Crippen LogP contribution is -2.21. The Bertz CT molecular complexity index is 762. The Labute approximate surface area is 137 Å². The molecule has 0 unspecified atom stereocenters. The van der Waals surface area contributed by atoms with Crippen LogP contribution < -0.4 is 15.8 Å². The minimum absolute atomic E-state index is 0.00323. The van der Waals surface area contributed by atoms with Gasteiger partial charge in [0.25, 0.3) is 0 Å². The fourth-order valence-electron chi connectivity index (χ4n) is 2.93. The fraction of sp³-hybridized carbons (Fsp3) is 0.375. The predicted octanol–water partition coefficient (Wildman–Crippen LogP) is 2.48. The highest BCUT2D eigenvalue weighted by Gasteiger charge is 2.28. The van der Waals surface area contributed by atoms with E-state index in [2.05, 4.69) is 10.5 Å². The molecule has 2 aromatic rings. The molecule has 7 nitrogen and oxygen atoms in total. The Balaban J connectivity index is 1.95. The van der Waals surface area contributed by atoms with Crippen molar-refractivity contribution in [3.63, 3.8) is 0 Å². The number of carboxylic acids is 1. The van der Waals surface area contributed by atoms with E-state index in [4.69, 9.17) is 15.0 Å². The molecular formula is C16H18FN3O4. The Morgan fingerprint density at radius 1 is 1.50 bits per heavy atom. The summed E-state index contributed by atoms with van der Waals surface area (Å²) in [7, 11) is 1.33. The second-order valence-electron chi connectivity index (χ2n) is 5.80. The Morgan fingerprint density at radius 3 is 2.92 bits per heavy atom. The average Bonchev–Trinajstić information content (AvgIpc) is 3.14. The number of aromatic nitrogens is 1. The summed E-state index contributed by atoms with van der Waals surface area (Å²) < 4.78 is 23.7. The summed E-state index contributed by atoms with van der Waals surface area (Å²) in [5.41, 5.74) is 6.15. The van der Waals surface area contributed by atoms with E-state index < -0.39 is 11.8 Å². The van der Waals surface area contributed by atoms with Gasteiger partial charge in [-0.05, 0) is 37.5 Å². The van der Waals surface area contributed by atoms with Crippen LogP contribution >= 0.6 is 0 Å². The molecule has 0 bridgehead atoms. The zero-order valence-corrected chi connectivity index (χ0v) is 13.1. The third kappa shape index (κ3) is 3.05. The van der Waals surface area contributed by atoms with Gasteiger partial charge >= 0.3 is 5.97 Å². The van der Waals surface area contributed by atoms with Gasteiger partial charge in [-0.1, -0.05) is 5.16 Å². The number of ether oxygens (including phenoxy) is 1. The molecule has 1 aromatic heterocycles. The zero-order chi connectivity index (χ0) is 17.3. The summed E-state index contributed by atoms with van der Waals surface area (Å²) in [5, 5.41) is 16.5. The maximum atomic E-state index is 13.5. The average molecular weight is 335 g/mol. The van der Waals surface area contributed by atoms with E-state index in [1.807, 2.05) is 0 Å². The molecule has 1 saturated carbocycles. The van der Waals surface area contributed by atoms with Crippen LogP contribution in [0.25, 0.3) is 11.3 Å². The molecule has 8 heteroatoms. The van der Waals surface area contributed by atoms with Crippen LogP contribution in [0, 0.1) is 5.82 Å². The molecule has 1 heterocycles. The van der Waals surface area contributed by atoms with Crippen molar-refractivity contribution in [1.29, 1.82) is 0 Å². The molecule has 0 amide bonds. The third-order valence-corrected chi connectivity index (χ3v) is 4.13. The summed E-state index contributed by atoms with van der Waals surface area (Å²) in [6.07, 6.45) is 2.46. The van der Waals surface area contributed by atoms with Crippen LogP contribution in [0.1, 0.15) is 29.6 Å². The first-order valence-electron chi connectivity index (χ1n) is 7.58. The Morgan fingerprint density at radius 2 is 2.29 bits per heavy atom. The first-order chi connectivity index (χ1) is 11.5. The first kappa shape index (κ1) is 16.3. The molecule has 3 rings (SSSR count). The topological polar surface area (TPSA) is 111 Å². The van der Waals surface area contributed by atoms with E-state index in [0.29, 0.717) is 5.56 Å². The van der Waals surface area contributed by atoms with Gasteiger partial charge in [-0.25, -0.2) is 9.18 Å². The molecule has 1 aliphatic rings. The summed E-state index contributed by atoms with van der Waals surface area (Å²) >= 11 is 0. The lowest BCUT2D eigenvalue weighted by Gasteiger charge is -2.11. The molecule has 2 atom stereocenters. The van der Waals surface area contributed by atoms with Crippen molar-refractivity contribution in [2.24, 2.45) is 5.73 Å². The number of nitrogens with zero attached hydrogens (tertiary/aromatic N) is 1. The van der Waals surface area contributed by atoms with Gasteiger partial charge in [0.2, 0.25) is 0 Å². The van der Waals surface area contributed by atoms with Gasteiger partial charge in [0, 0.05) is 17.6 Å². The number of aromatic carboxylic acids is 1. The maximum absolute atomic E-state index is 13.5. The smallest absolute Gasteiger partial charge is 0.343 e. The van der Waals surface area contributed by atoms with E-state index in [1.54, 1.807) is 0 Å². The quantitative estimate of drug-likeness (QED) is 0.769. The summed E-state index contributed by atoms with van der Waals surface area (Å²) in [6.45, 7) is 0. The molecule has 1 aliphatic carbocycles. The molecule has 0 radical (unpaired) electrons. The third-order valence-electron chi connectivity index (χ3n) is 4.13. The van der Waals surface area contributed by atoms with Crippen LogP contribution in [0.5, 0.6) is 5.75 Å². The first-order valence-corrected chi connectivity index (χ1v) is 7.58. The van der Waals surface area contributed by atoms with Gasteiger partial charge < -0.3 is 25.4 Å². The summed E-state index contributed by atoms with van der Waals surface area (Å²) in [4.78, 5) is 11.7. The second-order valence-corrected chi connectivity index (χ2v) is 5.80. The highest BCUT2D eigenvalue weighted by molar-refractivity contribution is 5.99. The normalized spacial score (nSPS) is 20.1. The number of nitrogens with one attached hydrogen (secondary N) is 1. The molecule has 0 saturated heterocycles. The molecule has 0 spiro atoms. The van der Waals surface area contributed by atoms with Crippen molar-refractivity contribution in [2.45, 2.75) is 31.3 Å². The number of hydrogen-bond acceptors (Lipinski definition) is 6. The molecule has 1 fully saturated rings. The number of rotatable bonds is 5. The van der Waals surface area contributed by atoms with Gasteiger partial charge in [-0.3, -0.25) is 0 Å². The van der Waals surface area contributed by atoms with Gasteiger partial charge in [0.05, 0.1) is 7.11 Å². The number of nitrogens with two attached hydrogens (primary N) is 1. The van der Waals surface area contributed by atoms with Crippen molar-refractivity contribution in [3.8, 4) is 17.1 Å². The van der Waals surface area contributed by atoms with Crippen LogP contribution in [0.15, 0.2) is 22.7 Å². The van der Waals surface area contributed by atoms with E-state index in [0.717, 1.165) is 19.3 Å². The van der Waals surface area contributed by atoms with E-state index in [-0.39, 0.29) is 35.0 Å². The van der Waals surface area contributed by atoms with Crippen molar-refractivity contribution in [2.75, 3.05) is 12.4 Å². The van der Waals surface area contributed by atoms with Gasteiger partial charge in [-0.2, -0.15) is 0 Å². The largest absolute Gasteiger partial charge is 0.494 e. The summed E-state index contributed by atoms with van der Waals surface area (Å²) in [5.74, 6) is -1.53. The van der Waals surface area contributed by atoms with Crippen molar-refractivity contribution < 1.29 is 23.6 Å². The second kappa shape index (κ2) is 6.48. The minimum Gasteiger partial charge on any atom is -0.494 e. The van der Waals surface area contributed by atoms with Crippen molar-refractivity contribution >= 4 is 11.8 Å². The number of benzene rings is 1. The number of carboxylic acid groups (broad SMARTS) is 1. The monoisotopic (exact) mass is 335 g/mol. The van der Waals surface area contributed by atoms with Crippen LogP contribution in [-0.4, -0.2) is 35.4 Å². The Kier molecular flexibility index (Phi) is 4.39. The van der Waals surface area contributed by atoms with Crippen LogP contribution in [0.2, 0.25) is 0 Å². The lowest BCUT2D eigenvalue weighted by atomic mass is 10.1. The molecule has 1 aromatic carbocycles. The summed E-state index contributed by atoms with van der Waals surface area (Å²) in [6, 6.07) is 4.13. The number of carbonyl (C=O) groups is 1. The van der Waals surface area contributed by atoms with Gasteiger partial charge in [-0.15, -0.1) is 0 Å². The molecule has 0 aliphatic heterocycles. The van der Waals surface area contributed by atoms with Crippen LogP contribution in [0.3, 0.4) is 0 Å². The number of anilines is 1. The van der Waals surface area contributed by atoms with Crippen molar-refractivity contribution in [3.05, 3.63) is 29.6 Å². The maximum Gasteiger partial charge on any atom is 0.343 e. The van der Waals surface area contributed by atoms with Crippen LogP contribution in [0.4, 0.5) is 10.2 Å². The van der Waals surface area contributed by atoms with Gasteiger partial charge in [0.1, 0.15) is 0 Å². The molecular weight excluding hydrogens is 317 g/mol. The molecule has 128 valence electrons. The predicted molar refractivity (Wildman–Crippen MR) is 84.6 cm³/mol. The highest BCUT2D eigenvalue weighted by Crippen LogP contribution is 2.33. The minimum atomic E-state index is -1.18. The van der Waals surface area contributed by atoms with E-state index >= 15 is 0 Å². The fourth-order valence-corrected chi connectivity index (χ4v) is 2.93. The standard InChI is InChI=1S/C16H18FN3O4/c1-23-12-6-8(2-5-11(12)17)14-13(16(21)22)15(20-24-14)19-10-4-3-9(18)7-10/h2,5-6,9-10H,3-4,7,18H2,1H3,(H,19,20)(H,21,22)/t9-,10-/m1/s1. The number of halogens is 1. The lowest BCUT2D eigenvalue weighted by molar-refractivity contribution is 0.0698. The van der Waals surface area contributed by atoms with Crippen LogP contribution in [-0.2, 0) is 0 Å².